The molecule has 0 aliphatic heterocycles. The topological polar surface area (TPSA) is 102 Å². The molecule has 2 aromatic rings. The van der Waals surface area contributed by atoms with E-state index in [9.17, 15) is 4.79 Å². The predicted octanol–water partition coefficient (Wildman–Crippen LogP) is 2.50. The molecular formula is C13H14ClN5O2. The number of aromatic nitrogens is 2. The number of hydrogen-bond donors (Lipinski definition) is 3. The van der Waals surface area contributed by atoms with Crippen LogP contribution in [0, 0.1) is 0 Å². The molecule has 2 rings (SSSR count). The fraction of sp³-hybridized carbons (Fsp3) is 0.154. The SMILES string of the molecule is CNc1c(N)ncc(Oc2ccnc(NC(C)=O)c2)c1Cl. The second kappa shape index (κ2) is 6.27. The zero-order valence-electron chi connectivity index (χ0n) is 11.5. The zero-order chi connectivity index (χ0) is 15.4. The van der Waals surface area contributed by atoms with Gasteiger partial charge in [0.15, 0.2) is 5.75 Å². The Kier molecular flexibility index (Phi) is 4.44. The summed E-state index contributed by atoms with van der Waals surface area (Å²) >= 11 is 6.20. The van der Waals surface area contributed by atoms with Gasteiger partial charge in [-0.2, -0.15) is 0 Å². The molecule has 4 N–H and O–H groups in total. The molecule has 0 bridgehead atoms. The summed E-state index contributed by atoms with van der Waals surface area (Å²) in [5.74, 6) is 1.25. The summed E-state index contributed by atoms with van der Waals surface area (Å²) in [5, 5.41) is 5.75. The van der Waals surface area contributed by atoms with E-state index in [4.69, 9.17) is 22.1 Å². The van der Waals surface area contributed by atoms with Gasteiger partial charge in [-0.15, -0.1) is 0 Å². The lowest BCUT2D eigenvalue weighted by atomic mass is 10.3. The van der Waals surface area contributed by atoms with Gasteiger partial charge in [0.1, 0.15) is 22.4 Å². The summed E-state index contributed by atoms with van der Waals surface area (Å²) in [6, 6.07) is 3.21. The number of amides is 1. The Morgan fingerprint density at radius 1 is 1.43 bits per heavy atom. The lowest BCUT2D eigenvalue weighted by Gasteiger charge is -2.12. The third kappa shape index (κ3) is 3.51. The van der Waals surface area contributed by atoms with Gasteiger partial charge in [0.2, 0.25) is 5.91 Å². The summed E-state index contributed by atoms with van der Waals surface area (Å²) in [7, 11) is 1.68. The van der Waals surface area contributed by atoms with Gasteiger partial charge in [-0.3, -0.25) is 4.79 Å². The molecule has 0 aliphatic rings. The van der Waals surface area contributed by atoms with Crippen molar-refractivity contribution in [3.05, 3.63) is 29.5 Å². The molecule has 0 unspecified atom stereocenters. The fourth-order valence-electron chi connectivity index (χ4n) is 1.64. The Morgan fingerprint density at radius 3 is 2.86 bits per heavy atom. The van der Waals surface area contributed by atoms with E-state index in [0.29, 0.717) is 28.0 Å². The van der Waals surface area contributed by atoms with Gasteiger partial charge in [-0.1, -0.05) is 11.6 Å². The van der Waals surface area contributed by atoms with E-state index in [-0.39, 0.29) is 11.7 Å². The molecular weight excluding hydrogens is 294 g/mol. The van der Waals surface area contributed by atoms with Gasteiger partial charge in [0.25, 0.3) is 0 Å². The van der Waals surface area contributed by atoms with Crippen molar-refractivity contribution in [1.29, 1.82) is 0 Å². The molecule has 21 heavy (non-hydrogen) atoms. The third-order valence-electron chi connectivity index (χ3n) is 2.53. The number of ether oxygens (including phenoxy) is 1. The first-order valence-electron chi connectivity index (χ1n) is 6.04. The number of pyridine rings is 2. The minimum absolute atomic E-state index is 0.218. The first kappa shape index (κ1) is 14.9. The van der Waals surface area contributed by atoms with Crippen molar-refractivity contribution in [2.24, 2.45) is 0 Å². The number of nitrogens with two attached hydrogens (primary N) is 1. The van der Waals surface area contributed by atoms with Crippen molar-refractivity contribution in [1.82, 2.24) is 9.97 Å². The molecule has 0 aliphatic carbocycles. The molecule has 2 heterocycles. The molecule has 7 nitrogen and oxygen atoms in total. The third-order valence-corrected chi connectivity index (χ3v) is 2.90. The van der Waals surface area contributed by atoms with E-state index in [1.54, 1.807) is 19.2 Å². The number of carbonyl (C=O) groups excluding carboxylic acids is 1. The standard InChI is InChI=1S/C13H14ClN5O2/c1-7(20)19-10-5-8(3-4-17-10)21-9-6-18-13(15)12(16-2)11(9)14/h3-6,16H,1-2H3,(H2,15,18)(H,17,19,20). The average molecular weight is 308 g/mol. The molecule has 0 saturated heterocycles. The van der Waals surface area contributed by atoms with Gasteiger partial charge in [-0.25, -0.2) is 9.97 Å². The summed E-state index contributed by atoms with van der Waals surface area (Å²) < 4.78 is 5.65. The maximum atomic E-state index is 11.0. The highest BCUT2D eigenvalue weighted by Crippen LogP contribution is 2.37. The molecule has 8 heteroatoms. The first-order chi connectivity index (χ1) is 10.0. The number of nitrogen functional groups attached to an aromatic ring is 1. The Balaban J connectivity index is 2.28. The number of hydrogen-bond acceptors (Lipinski definition) is 6. The molecule has 0 atom stereocenters. The first-order valence-corrected chi connectivity index (χ1v) is 6.42. The maximum absolute atomic E-state index is 11.0. The Morgan fingerprint density at radius 2 is 2.19 bits per heavy atom. The Labute approximate surface area is 126 Å². The van der Waals surface area contributed by atoms with E-state index in [1.165, 1.54) is 19.3 Å². The van der Waals surface area contributed by atoms with Crippen LogP contribution in [0.2, 0.25) is 5.02 Å². The van der Waals surface area contributed by atoms with Gasteiger partial charge in [0, 0.05) is 26.2 Å². The Hall–Kier alpha value is -2.54. The molecule has 0 saturated carbocycles. The fourth-order valence-corrected chi connectivity index (χ4v) is 1.92. The van der Waals surface area contributed by atoms with Crippen LogP contribution < -0.4 is 21.1 Å². The van der Waals surface area contributed by atoms with Gasteiger partial charge >= 0.3 is 0 Å². The molecule has 110 valence electrons. The zero-order valence-corrected chi connectivity index (χ0v) is 12.2. The minimum Gasteiger partial charge on any atom is -0.454 e. The van der Waals surface area contributed by atoms with Crippen molar-refractivity contribution in [2.75, 3.05) is 23.4 Å². The van der Waals surface area contributed by atoms with Crippen LogP contribution in [-0.4, -0.2) is 22.9 Å². The van der Waals surface area contributed by atoms with Crippen LogP contribution in [0.3, 0.4) is 0 Å². The van der Waals surface area contributed by atoms with Crippen LogP contribution in [0.15, 0.2) is 24.5 Å². The lowest BCUT2D eigenvalue weighted by Crippen LogP contribution is -2.07. The van der Waals surface area contributed by atoms with E-state index < -0.39 is 0 Å². The molecule has 0 aromatic carbocycles. The van der Waals surface area contributed by atoms with Crippen molar-refractivity contribution in [2.45, 2.75) is 6.92 Å². The minimum atomic E-state index is -0.218. The predicted molar refractivity (Wildman–Crippen MR) is 81.8 cm³/mol. The van der Waals surface area contributed by atoms with E-state index in [1.807, 2.05) is 0 Å². The molecule has 0 radical (unpaired) electrons. The van der Waals surface area contributed by atoms with E-state index >= 15 is 0 Å². The average Bonchev–Trinajstić information content (AvgIpc) is 2.42. The van der Waals surface area contributed by atoms with Gasteiger partial charge in [-0.05, 0) is 6.07 Å². The number of carbonyl (C=O) groups is 1. The summed E-state index contributed by atoms with van der Waals surface area (Å²) in [6.07, 6.45) is 2.94. The summed E-state index contributed by atoms with van der Waals surface area (Å²) in [6.45, 7) is 1.40. The molecule has 2 aromatic heterocycles. The van der Waals surface area contributed by atoms with Crippen LogP contribution in [0.25, 0.3) is 0 Å². The van der Waals surface area contributed by atoms with Crippen LogP contribution >= 0.6 is 11.6 Å². The van der Waals surface area contributed by atoms with Crippen LogP contribution in [-0.2, 0) is 4.79 Å². The number of nitrogens with one attached hydrogen (secondary N) is 2. The highest BCUT2D eigenvalue weighted by Gasteiger charge is 2.12. The number of halogens is 1. The molecule has 0 fully saturated rings. The monoisotopic (exact) mass is 307 g/mol. The molecule has 0 spiro atoms. The highest BCUT2D eigenvalue weighted by atomic mass is 35.5. The van der Waals surface area contributed by atoms with Crippen LogP contribution in [0.5, 0.6) is 11.5 Å². The van der Waals surface area contributed by atoms with Gasteiger partial charge < -0.3 is 21.1 Å². The van der Waals surface area contributed by atoms with E-state index in [0.717, 1.165) is 0 Å². The van der Waals surface area contributed by atoms with Crippen molar-refractivity contribution < 1.29 is 9.53 Å². The number of rotatable bonds is 4. The molecule has 1 amide bonds. The summed E-state index contributed by atoms with van der Waals surface area (Å²) in [5.41, 5.74) is 6.19. The second-order valence-electron chi connectivity index (χ2n) is 4.11. The maximum Gasteiger partial charge on any atom is 0.222 e. The Bertz CT molecular complexity index is 678. The largest absolute Gasteiger partial charge is 0.454 e. The van der Waals surface area contributed by atoms with Crippen LogP contribution in [0.4, 0.5) is 17.3 Å². The highest BCUT2D eigenvalue weighted by molar-refractivity contribution is 6.35. The lowest BCUT2D eigenvalue weighted by molar-refractivity contribution is -0.114. The van der Waals surface area contributed by atoms with Gasteiger partial charge in [0.05, 0.1) is 11.9 Å². The summed E-state index contributed by atoms with van der Waals surface area (Å²) in [4.78, 5) is 19.0. The van der Waals surface area contributed by atoms with Crippen molar-refractivity contribution in [3.63, 3.8) is 0 Å². The normalized spacial score (nSPS) is 10.0. The number of nitrogens with zero attached hydrogens (tertiary/aromatic N) is 2. The van der Waals surface area contributed by atoms with E-state index in [2.05, 4.69) is 20.6 Å². The number of anilines is 3. The smallest absolute Gasteiger partial charge is 0.222 e. The second-order valence-corrected chi connectivity index (χ2v) is 4.48. The van der Waals surface area contributed by atoms with Crippen LogP contribution in [0.1, 0.15) is 6.92 Å². The van der Waals surface area contributed by atoms with Crippen molar-refractivity contribution >= 4 is 34.8 Å². The van der Waals surface area contributed by atoms with Crippen molar-refractivity contribution in [3.8, 4) is 11.5 Å². The quantitative estimate of drug-likeness (QED) is 0.802.